The van der Waals surface area contributed by atoms with E-state index >= 15 is 0 Å². The van der Waals surface area contributed by atoms with Gasteiger partial charge in [0.25, 0.3) is 0 Å². The lowest BCUT2D eigenvalue weighted by atomic mass is 10.1. The number of aliphatic hydroxyl groups is 3. The predicted octanol–water partition coefficient (Wildman–Crippen LogP) is 0.923. The molecule has 9 heteroatoms. The number of anilines is 1. The largest absolute Gasteiger partial charge is 0.394 e. The van der Waals surface area contributed by atoms with E-state index in [2.05, 4.69) is 21.9 Å². The van der Waals surface area contributed by atoms with Gasteiger partial charge >= 0.3 is 0 Å². The second-order valence-corrected chi connectivity index (χ2v) is 7.10. The maximum absolute atomic E-state index is 10.3. The second kappa shape index (κ2) is 8.92. The Hall–Kier alpha value is -1.81. The van der Waals surface area contributed by atoms with Gasteiger partial charge in [0.2, 0.25) is 0 Å². The van der Waals surface area contributed by atoms with Crippen LogP contribution in [0.5, 0.6) is 0 Å². The predicted molar refractivity (Wildman–Crippen MR) is 99.8 cm³/mol. The zero-order valence-electron chi connectivity index (χ0n) is 15.7. The standard InChI is InChI=1S/C18H29N5O4/c1-2-3-4-5-6-7-8-12-21-16(19)13-17(22-12)23(10-20-13)18-15(26)14(25)11(9-24)27-18/h10-11,14-15,18,24-26H,2-9H2,1H3,(H2,19,21,22)/t11-,14-,15-,18-/m1/s1. The maximum Gasteiger partial charge on any atom is 0.167 e. The molecule has 9 nitrogen and oxygen atoms in total. The Morgan fingerprint density at radius 2 is 1.85 bits per heavy atom. The fourth-order valence-electron chi connectivity index (χ4n) is 3.46. The van der Waals surface area contributed by atoms with Crippen LogP contribution in [-0.4, -0.2) is 59.8 Å². The van der Waals surface area contributed by atoms with E-state index < -0.39 is 24.5 Å². The highest BCUT2D eigenvalue weighted by Crippen LogP contribution is 2.32. The van der Waals surface area contributed by atoms with Crippen molar-refractivity contribution >= 4 is 17.0 Å². The maximum atomic E-state index is 10.3. The minimum atomic E-state index is -1.20. The quantitative estimate of drug-likeness (QED) is 0.472. The van der Waals surface area contributed by atoms with Crippen molar-refractivity contribution < 1.29 is 20.1 Å². The summed E-state index contributed by atoms with van der Waals surface area (Å²) >= 11 is 0. The Kier molecular flexibility index (Phi) is 6.59. The fraction of sp³-hybridized carbons (Fsp3) is 0.722. The van der Waals surface area contributed by atoms with Gasteiger partial charge in [-0.15, -0.1) is 0 Å². The fourth-order valence-corrected chi connectivity index (χ4v) is 3.46. The minimum Gasteiger partial charge on any atom is -0.394 e. The molecule has 1 fully saturated rings. The summed E-state index contributed by atoms with van der Waals surface area (Å²) in [5.74, 6) is 0.912. The van der Waals surface area contributed by atoms with Crippen molar-refractivity contribution in [1.29, 1.82) is 0 Å². The Morgan fingerprint density at radius 3 is 2.56 bits per heavy atom. The van der Waals surface area contributed by atoms with Crippen LogP contribution in [0, 0.1) is 0 Å². The van der Waals surface area contributed by atoms with E-state index in [4.69, 9.17) is 10.5 Å². The number of unbranched alkanes of at least 4 members (excludes halogenated alkanes) is 5. The minimum absolute atomic E-state index is 0.284. The molecule has 0 spiro atoms. The van der Waals surface area contributed by atoms with Crippen LogP contribution in [0.4, 0.5) is 5.82 Å². The molecule has 0 unspecified atom stereocenters. The van der Waals surface area contributed by atoms with Gasteiger partial charge in [-0.2, -0.15) is 0 Å². The first-order valence-corrected chi connectivity index (χ1v) is 9.68. The monoisotopic (exact) mass is 379 g/mol. The SMILES string of the molecule is CCCCCCCCc1nc(N)c2ncn([C@@H]3O[C@H](CO)[C@@H](O)[C@H]3O)c2n1. The zero-order chi connectivity index (χ0) is 19.4. The molecule has 4 atom stereocenters. The van der Waals surface area contributed by atoms with Gasteiger partial charge in [0.05, 0.1) is 12.9 Å². The smallest absolute Gasteiger partial charge is 0.167 e. The number of aryl methyl sites for hydroxylation is 1. The average Bonchev–Trinajstić information content (AvgIpc) is 3.20. The molecule has 150 valence electrons. The van der Waals surface area contributed by atoms with Crippen molar-refractivity contribution in [2.75, 3.05) is 12.3 Å². The van der Waals surface area contributed by atoms with Crippen LogP contribution in [0.3, 0.4) is 0 Å². The van der Waals surface area contributed by atoms with E-state index in [1.807, 2.05) is 0 Å². The first-order valence-electron chi connectivity index (χ1n) is 9.68. The summed E-state index contributed by atoms with van der Waals surface area (Å²) in [5.41, 5.74) is 6.92. The molecule has 1 saturated heterocycles. The van der Waals surface area contributed by atoms with Crippen molar-refractivity contribution in [3.8, 4) is 0 Å². The molecule has 0 amide bonds. The third-order valence-electron chi connectivity index (χ3n) is 5.04. The first-order chi connectivity index (χ1) is 13.1. The lowest BCUT2D eigenvalue weighted by molar-refractivity contribution is -0.0511. The molecule has 0 aromatic carbocycles. The molecule has 0 bridgehead atoms. The normalized spacial score (nSPS) is 25.5. The van der Waals surface area contributed by atoms with Crippen LogP contribution in [0.1, 0.15) is 57.5 Å². The van der Waals surface area contributed by atoms with Crippen LogP contribution in [0.15, 0.2) is 6.33 Å². The van der Waals surface area contributed by atoms with Gasteiger partial charge in [-0.3, -0.25) is 4.57 Å². The molecule has 1 aliphatic heterocycles. The second-order valence-electron chi connectivity index (χ2n) is 7.10. The summed E-state index contributed by atoms with van der Waals surface area (Å²) in [5, 5.41) is 29.5. The van der Waals surface area contributed by atoms with Gasteiger partial charge in [0, 0.05) is 6.42 Å². The molecular weight excluding hydrogens is 350 g/mol. The highest BCUT2D eigenvalue weighted by molar-refractivity contribution is 5.81. The summed E-state index contributed by atoms with van der Waals surface area (Å²) in [6.45, 7) is 1.81. The summed E-state index contributed by atoms with van der Waals surface area (Å²) in [4.78, 5) is 13.1. The van der Waals surface area contributed by atoms with Crippen molar-refractivity contribution in [2.45, 2.75) is 76.4 Å². The highest BCUT2D eigenvalue weighted by atomic mass is 16.6. The molecular formula is C18H29N5O4. The molecule has 0 aliphatic carbocycles. The van der Waals surface area contributed by atoms with Crippen LogP contribution >= 0.6 is 0 Å². The number of rotatable bonds is 9. The van der Waals surface area contributed by atoms with Crippen LogP contribution < -0.4 is 5.73 Å². The summed E-state index contributed by atoms with van der Waals surface area (Å²) in [6, 6.07) is 0. The topological polar surface area (TPSA) is 140 Å². The summed E-state index contributed by atoms with van der Waals surface area (Å²) < 4.78 is 7.12. The van der Waals surface area contributed by atoms with Gasteiger partial charge in [0.1, 0.15) is 29.7 Å². The van der Waals surface area contributed by atoms with Crippen LogP contribution in [-0.2, 0) is 11.2 Å². The van der Waals surface area contributed by atoms with E-state index in [0.29, 0.717) is 23.4 Å². The number of hydrogen-bond acceptors (Lipinski definition) is 8. The third kappa shape index (κ3) is 4.21. The summed E-state index contributed by atoms with van der Waals surface area (Å²) in [6.07, 6.45) is 5.09. The molecule has 1 aliphatic rings. The Balaban J connectivity index is 1.75. The van der Waals surface area contributed by atoms with Crippen LogP contribution in [0.25, 0.3) is 11.2 Å². The van der Waals surface area contributed by atoms with Crippen molar-refractivity contribution in [1.82, 2.24) is 19.5 Å². The Morgan fingerprint density at radius 1 is 1.11 bits per heavy atom. The molecule has 0 radical (unpaired) electrons. The number of aliphatic hydroxyl groups excluding tert-OH is 3. The molecule has 5 N–H and O–H groups in total. The van der Waals surface area contributed by atoms with E-state index in [9.17, 15) is 15.3 Å². The van der Waals surface area contributed by atoms with Gasteiger partial charge in [0.15, 0.2) is 17.7 Å². The average molecular weight is 379 g/mol. The molecule has 3 heterocycles. The lowest BCUT2D eigenvalue weighted by Crippen LogP contribution is -2.33. The van der Waals surface area contributed by atoms with E-state index in [-0.39, 0.29) is 12.4 Å². The number of hydrogen-bond donors (Lipinski definition) is 4. The summed E-state index contributed by atoms with van der Waals surface area (Å²) in [7, 11) is 0. The van der Waals surface area contributed by atoms with Gasteiger partial charge in [-0.1, -0.05) is 39.0 Å². The zero-order valence-corrected chi connectivity index (χ0v) is 15.7. The van der Waals surface area contributed by atoms with Crippen molar-refractivity contribution in [2.24, 2.45) is 0 Å². The van der Waals surface area contributed by atoms with Crippen molar-refractivity contribution in [3.05, 3.63) is 12.2 Å². The highest BCUT2D eigenvalue weighted by Gasteiger charge is 2.44. The number of nitrogen functional groups attached to an aromatic ring is 1. The van der Waals surface area contributed by atoms with Crippen molar-refractivity contribution in [3.63, 3.8) is 0 Å². The van der Waals surface area contributed by atoms with Gasteiger partial charge in [-0.25, -0.2) is 15.0 Å². The number of aromatic nitrogens is 4. The third-order valence-corrected chi connectivity index (χ3v) is 5.04. The number of fused-ring (bicyclic) bond motifs is 1. The van der Waals surface area contributed by atoms with E-state index in [0.717, 1.165) is 12.8 Å². The van der Waals surface area contributed by atoms with Crippen LogP contribution in [0.2, 0.25) is 0 Å². The van der Waals surface area contributed by atoms with E-state index in [1.54, 1.807) is 4.57 Å². The Bertz CT molecular complexity index is 753. The molecule has 27 heavy (non-hydrogen) atoms. The molecule has 2 aromatic heterocycles. The first kappa shape index (κ1) is 19.9. The molecule has 3 rings (SSSR count). The lowest BCUT2D eigenvalue weighted by Gasteiger charge is -2.16. The number of imidazole rings is 1. The van der Waals surface area contributed by atoms with Gasteiger partial charge < -0.3 is 25.8 Å². The number of nitrogens with zero attached hydrogens (tertiary/aromatic N) is 4. The van der Waals surface area contributed by atoms with Gasteiger partial charge in [-0.05, 0) is 6.42 Å². The molecule has 0 saturated carbocycles. The number of ether oxygens (including phenoxy) is 1. The molecule has 2 aromatic rings. The Labute approximate surface area is 158 Å². The number of nitrogens with two attached hydrogens (primary N) is 1. The van der Waals surface area contributed by atoms with E-state index in [1.165, 1.54) is 32.0 Å².